The van der Waals surface area contributed by atoms with Gasteiger partial charge in [0.1, 0.15) is 42.6 Å². The number of rotatable bonds is 26. The molecule has 20 heteroatoms. The smallest absolute Gasteiger partial charge is 0.408 e. The predicted molar refractivity (Wildman–Crippen MR) is 220 cm³/mol. The Morgan fingerprint density at radius 2 is 1.27 bits per heavy atom. The maximum Gasteiger partial charge on any atom is 0.408 e. The van der Waals surface area contributed by atoms with Crippen LogP contribution in [0.4, 0.5) is 4.79 Å². The molecule has 0 aliphatic rings. The highest BCUT2D eigenvalue weighted by Gasteiger charge is 2.34. The Hall–Kier alpha value is -6.44. The number of aliphatic carboxylic acids is 1. The molecule has 0 aliphatic heterocycles. The van der Waals surface area contributed by atoms with Crippen LogP contribution in [-0.4, -0.2) is 108 Å². The number of ether oxygens (including phenoxy) is 2. The molecule has 2 aromatic carbocycles. The highest BCUT2D eigenvalue weighted by Crippen LogP contribution is 2.14. The maximum absolute atomic E-state index is 13.9. The number of carboxylic acids is 1. The first kappa shape index (κ1) is 49.7. The number of carbonyl (C=O) groups excluding carboxylic acids is 6. The SMILES string of the molecule is COC(=O)[C@H](Cc1ccc(O)cc1)NC(=O)[C@@H](NC(=O)[C@H](CCC(=O)O)NC(=O)[C@H](CCCN=C(N)N)NC(=O)[C@H](CCCCN)NC(=O)OCc1ccccc1)C(C)C. The summed E-state index contributed by atoms with van der Waals surface area (Å²) >= 11 is 0. The number of amides is 5. The van der Waals surface area contributed by atoms with E-state index in [1.165, 1.54) is 12.1 Å². The maximum atomic E-state index is 13.9. The Kier molecular flexibility index (Phi) is 22.0. The van der Waals surface area contributed by atoms with Gasteiger partial charge in [0.25, 0.3) is 0 Å². The van der Waals surface area contributed by atoms with E-state index in [9.17, 15) is 43.8 Å². The summed E-state index contributed by atoms with van der Waals surface area (Å²) in [6.45, 7) is 3.58. The van der Waals surface area contributed by atoms with Crippen LogP contribution in [0, 0.1) is 5.92 Å². The number of aromatic hydroxyl groups is 1. The molecular weight excluding hydrogens is 782 g/mol. The van der Waals surface area contributed by atoms with Crippen LogP contribution >= 0.6 is 0 Å². The normalized spacial score (nSPS) is 13.3. The fourth-order valence-corrected chi connectivity index (χ4v) is 5.78. The van der Waals surface area contributed by atoms with Gasteiger partial charge in [-0.1, -0.05) is 56.3 Å². The van der Waals surface area contributed by atoms with Gasteiger partial charge in [-0.25, -0.2) is 9.59 Å². The van der Waals surface area contributed by atoms with E-state index < -0.39 is 90.6 Å². The van der Waals surface area contributed by atoms with Crippen molar-refractivity contribution in [3.05, 3.63) is 65.7 Å². The summed E-state index contributed by atoms with van der Waals surface area (Å²) in [5.74, 6) is -6.13. The molecule has 13 N–H and O–H groups in total. The van der Waals surface area contributed by atoms with E-state index in [1.807, 2.05) is 0 Å². The number of benzene rings is 2. The van der Waals surface area contributed by atoms with Gasteiger partial charge in [0.05, 0.1) is 7.11 Å². The second kappa shape index (κ2) is 26.5. The van der Waals surface area contributed by atoms with Crippen molar-refractivity contribution in [2.75, 3.05) is 20.2 Å². The Bertz CT molecular complexity index is 1740. The lowest BCUT2D eigenvalue weighted by atomic mass is 10.00. The number of methoxy groups -OCH3 is 1. The highest BCUT2D eigenvalue weighted by atomic mass is 16.5. The number of aliphatic imine (C=N–C) groups is 1. The molecule has 0 aromatic heterocycles. The number of phenols is 1. The summed E-state index contributed by atoms with van der Waals surface area (Å²) < 4.78 is 10.2. The molecule has 2 aromatic rings. The third-order valence-electron chi connectivity index (χ3n) is 9.05. The van der Waals surface area contributed by atoms with E-state index in [2.05, 4.69) is 31.6 Å². The molecule has 60 heavy (non-hydrogen) atoms. The van der Waals surface area contributed by atoms with Crippen LogP contribution in [0.3, 0.4) is 0 Å². The molecule has 2 rings (SSSR count). The molecule has 0 unspecified atom stereocenters. The number of hydrogen-bond acceptors (Lipinski definition) is 12. The standard InChI is InChI=1S/C40H59N9O11/c1-24(2)33(37(56)47-31(38(57)59-3)22-25-14-16-27(50)17-15-25)49-36(55)30(18-19-32(51)52)46-34(53)28(13-9-21-44-39(42)43)45-35(54)29(12-7-8-20-41)48-40(58)60-23-26-10-5-4-6-11-26/h4-6,10-11,14-17,24,28-31,33,50H,7-9,12-13,18-23,41H2,1-3H3,(H,45,54)(H,46,53)(H,47,56)(H,48,58)(H,49,55)(H,51,52)(H4,42,43,44)/t28-,29-,30-,31-,33-/m0/s1. The van der Waals surface area contributed by atoms with E-state index in [4.69, 9.17) is 26.7 Å². The fraction of sp³-hybridized carbons (Fsp3) is 0.500. The minimum absolute atomic E-state index is 0.000417. The molecule has 5 amide bonds. The van der Waals surface area contributed by atoms with Gasteiger partial charge in [0, 0.05) is 19.4 Å². The first-order valence-corrected chi connectivity index (χ1v) is 19.6. The monoisotopic (exact) mass is 841 g/mol. The summed E-state index contributed by atoms with van der Waals surface area (Å²) in [5.41, 5.74) is 17.9. The number of guanidine groups is 1. The van der Waals surface area contributed by atoms with Gasteiger partial charge in [-0.2, -0.15) is 0 Å². The first-order chi connectivity index (χ1) is 28.5. The van der Waals surface area contributed by atoms with Gasteiger partial charge in [-0.05, 0) is 74.2 Å². The Morgan fingerprint density at radius 1 is 0.700 bits per heavy atom. The van der Waals surface area contributed by atoms with E-state index >= 15 is 0 Å². The molecule has 0 bridgehead atoms. The van der Waals surface area contributed by atoms with Crippen molar-refractivity contribution in [2.24, 2.45) is 28.1 Å². The second-order valence-electron chi connectivity index (χ2n) is 14.2. The van der Waals surface area contributed by atoms with Crippen molar-refractivity contribution in [2.45, 2.75) is 102 Å². The quantitative estimate of drug-likeness (QED) is 0.0259. The lowest BCUT2D eigenvalue weighted by molar-refractivity contribution is -0.145. The molecule has 20 nitrogen and oxygen atoms in total. The Labute approximate surface area is 348 Å². The van der Waals surface area contributed by atoms with Crippen LogP contribution in [0.5, 0.6) is 5.75 Å². The largest absolute Gasteiger partial charge is 0.508 e. The number of esters is 1. The molecule has 330 valence electrons. The van der Waals surface area contributed by atoms with Crippen molar-refractivity contribution in [3.8, 4) is 5.75 Å². The number of phenolic OH excluding ortho intramolecular Hbond substituents is 1. The van der Waals surface area contributed by atoms with Crippen LogP contribution in [0.1, 0.15) is 69.9 Å². The molecule has 0 saturated carbocycles. The Balaban J connectivity index is 2.31. The van der Waals surface area contributed by atoms with E-state index in [1.54, 1.807) is 56.3 Å². The molecule has 0 spiro atoms. The number of hydrogen-bond donors (Lipinski definition) is 10. The molecular formula is C40H59N9O11. The molecule has 0 radical (unpaired) electrons. The van der Waals surface area contributed by atoms with Crippen LogP contribution < -0.4 is 43.8 Å². The van der Waals surface area contributed by atoms with Crippen molar-refractivity contribution in [1.82, 2.24) is 26.6 Å². The summed E-state index contributed by atoms with van der Waals surface area (Å²) in [5, 5.41) is 32.0. The van der Waals surface area contributed by atoms with Crippen LogP contribution in [-0.2, 0) is 51.3 Å². The third kappa shape index (κ3) is 18.9. The van der Waals surface area contributed by atoms with Gasteiger partial charge < -0.3 is 63.5 Å². The minimum Gasteiger partial charge on any atom is -0.508 e. The van der Waals surface area contributed by atoms with Crippen LogP contribution in [0.2, 0.25) is 0 Å². The van der Waals surface area contributed by atoms with Crippen LogP contribution in [0.25, 0.3) is 0 Å². The summed E-state index contributed by atoms with van der Waals surface area (Å²) in [4.78, 5) is 96.0. The van der Waals surface area contributed by atoms with E-state index in [0.29, 0.717) is 30.5 Å². The summed E-state index contributed by atoms with van der Waals surface area (Å²) in [7, 11) is 1.14. The second-order valence-corrected chi connectivity index (χ2v) is 14.2. The number of carbonyl (C=O) groups is 7. The summed E-state index contributed by atoms with van der Waals surface area (Å²) in [6, 6.07) is 8.35. The number of alkyl carbamates (subject to hydrolysis) is 1. The molecule has 0 heterocycles. The molecule has 0 aliphatic carbocycles. The van der Waals surface area contributed by atoms with Gasteiger partial charge in [-0.3, -0.25) is 29.0 Å². The van der Waals surface area contributed by atoms with Crippen LogP contribution in [0.15, 0.2) is 59.6 Å². The van der Waals surface area contributed by atoms with Crippen molar-refractivity contribution in [1.29, 1.82) is 0 Å². The zero-order valence-corrected chi connectivity index (χ0v) is 34.2. The average Bonchev–Trinajstić information content (AvgIpc) is 3.21. The number of carboxylic acid groups (broad SMARTS) is 1. The molecule has 0 saturated heterocycles. The van der Waals surface area contributed by atoms with Crippen molar-refractivity contribution in [3.63, 3.8) is 0 Å². The topological polar surface area (TPSA) is 329 Å². The number of unbranched alkanes of at least 4 members (excludes halogenated alkanes) is 1. The zero-order valence-electron chi connectivity index (χ0n) is 34.2. The molecule has 0 fully saturated rings. The number of nitrogens with one attached hydrogen (secondary N) is 5. The average molecular weight is 842 g/mol. The van der Waals surface area contributed by atoms with Crippen molar-refractivity contribution >= 4 is 47.6 Å². The van der Waals surface area contributed by atoms with Gasteiger partial charge >= 0.3 is 18.0 Å². The third-order valence-corrected chi connectivity index (χ3v) is 9.05. The molecule has 5 atom stereocenters. The van der Waals surface area contributed by atoms with Crippen molar-refractivity contribution < 1.29 is 53.2 Å². The summed E-state index contributed by atoms with van der Waals surface area (Å²) in [6.07, 6.45) is -0.630. The van der Waals surface area contributed by atoms with E-state index in [0.717, 1.165) is 7.11 Å². The fourth-order valence-electron chi connectivity index (χ4n) is 5.78. The Morgan fingerprint density at radius 3 is 1.83 bits per heavy atom. The first-order valence-electron chi connectivity index (χ1n) is 19.6. The van der Waals surface area contributed by atoms with Gasteiger partial charge in [-0.15, -0.1) is 0 Å². The number of nitrogens with zero attached hydrogens (tertiary/aromatic N) is 1. The van der Waals surface area contributed by atoms with Gasteiger partial charge in [0.2, 0.25) is 23.6 Å². The lowest BCUT2D eigenvalue weighted by Gasteiger charge is -2.28. The number of nitrogens with two attached hydrogens (primary N) is 3. The highest BCUT2D eigenvalue weighted by molar-refractivity contribution is 5.96. The van der Waals surface area contributed by atoms with Gasteiger partial charge in [0.15, 0.2) is 5.96 Å². The lowest BCUT2D eigenvalue weighted by Crippen LogP contribution is -2.60. The van der Waals surface area contributed by atoms with E-state index in [-0.39, 0.29) is 50.5 Å². The zero-order chi connectivity index (χ0) is 44.6. The minimum atomic E-state index is -1.51. The predicted octanol–water partition coefficient (Wildman–Crippen LogP) is 0.0453.